The fraction of sp³-hybridized carbons (Fsp3) is 0.455. The van der Waals surface area contributed by atoms with Crippen LogP contribution in [-0.4, -0.2) is 20.2 Å². The molecular formula is C11H16F2N2O. The molecule has 5 heteroatoms. The largest absolute Gasteiger partial charge is 0.494 e. The van der Waals surface area contributed by atoms with Crippen molar-refractivity contribution in [1.29, 1.82) is 0 Å². The van der Waals surface area contributed by atoms with E-state index in [2.05, 4.69) is 10.1 Å². The van der Waals surface area contributed by atoms with Crippen LogP contribution in [0.15, 0.2) is 12.1 Å². The van der Waals surface area contributed by atoms with Crippen molar-refractivity contribution in [3.05, 3.63) is 29.3 Å². The van der Waals surface area contributed by atoms with Crippen molar-refractivity contribution in [3.8, 4) is 5.75 Å². The number of halogens is 2. The third-order valence-corrected chi connectivity index (χ3v) is 2.19. The van der Waals surface area contributed by atoms with E-state index < -0.39 is 11.6 Å². The molecule has 0 aromatic heterocycles. The van der Waals surface area contributed by atoms with Crippen LogP contribution in [0.2, 0.25) is 0 Å². The molecule has 0 spiro atoms. The number of nitrogens with two attached hydrogens (primary N) is 1. The molecule has 0 heterocycles. The Labute approximate surface area is 93.6 Å². The van der Waals surface area contributed by atoms with E-state index in [1.165, 1.54) is 7.11 Å². The van der Waals surface area contributed by atoms with Gasteiger partial charge in [0.1, 0.15) is 5.82 Å². The zero-order valence-electron chi connectivity index (χ0n) is 9.22. The fourth-order valence-electron chi connectivity index (χ4n) is 1.31. The molecule has 0 saturated carbocycles. The van der Waals surface area contributed by atoms with E-state index in [0.717, 1.165) is 18.6 Å². The molecule has 0 aliphatic heterocycles. The van der Waals surface area contributed by atoms with E-state index in [0.29, 0.717) is 13.1 Å². The lowest BCUT2D eigenvalue weighted by Gasteiger charge is -2.08. The summed E-state index contributed by atoms with van der Waals surface area (Å²) in [6.07, 6.45) is 0.806. The minimum Gasteiger partial charge on any atom is -0.494 e. The Hall–Kier alpha value is -1.20. The van der Waals surface area contributed by atoms with Crippen molar-refractivity contribution in [2.24, 2.45) is 5.73 Å². The summed E-state index contributed by atoms with van der Waals surface area (Å²) in [6, 6.07) is 2.19. The van der Waals surface area contributed by atoms with Crippen LogP contribution in [0.3, 0.4) is 0 Å². The maximum atomic E-state index is 13.4. The monoisotopic (exact) mass is 230 g/mol. The van der Waals surface area contributed by atoms with Crippen molar-refractivity contribution in [2.45, 2.75) is 13.0 Å². The Balaban J connectivity index is 2.63. The van der Waals surface area contributed by atoms with E-state index in [1.54, 1.807) is 0 Å². The zero-order valence-corrected chi connectivity index (χ0v) is 9.22. The molecule has 3 N–H and O–H groups in total. The van der Waals surface area contributed by atoms with Crippen molar-refractivity contribution in [1.82, 2.24) is 5.32 Å². The summed E-state index contributed by atoms with van der Waals surface area (Å²) in [6.45, 7) is 1.54. The van der Waals surface area contributed by atoms with Crippen LogP contribution >= 0.6 is 0 Å². The topological polar surface area (TPSA) is 47.3 Å². The molecule has 0 bridgehead atoms. The molecule has 1 aromatic rings. The highest BCUT2D eigenvalue weighted by molar-refractivity contribution is 5.30. The van der Waals surface area contributed by atoms with Gasteiger partial charge in [0.15, 0.2) is 11.6 Å². The van der Waals surface area contributed by atoms with Crippen molar-refractivity contribution in [2.75, 3.05) is 20.2 Å². The second kappa shape index (κ2) is 6.40. The number of hydrogen-bond donors (Lipinski definition) is 2. The normalized spacial score (nSPS) is 10.5. The number of hydrogen-bond acceptors (Lipinski definition) is 3. The van der Waals surface area contributed by atoms with Crippen LogP contribution in [0.5, 0.6) is 5.75 Å². The van der Waals surface area contributed by atoms with Crippen LogP contribution in [0.25, 0.3) is 0 Å². The van der Waals surface area contributed by atoms with Crippen LogP contribution in [-0.2, 0) is 6.54 Å². The van der Waals surface area contributed by atoms with Crippen molar-refractivity contribution < 1.29 is 13.5 Å². The van der Waals surface area contributed by atoms with E-state index in [4.69, 9.17) is 5.73 Å². The Morgan fingerprint density at radius 2 is 2.06 bits per heavy atom. The van der Waals surface area contributed by atoms with Crippen molar-refractivity contribution in [3.63, 3.8) is 0 Å². The van der Waals surface area contributed by atoms with Gasteiger partial charge in [-0.05, 0) is 25.6 Å². The van der Waals surface area contributed by atoms with Gasteiger partial charge in [0.25, 0.3) is 0 Å². The van der Waals surface area contributed by atoms with Gasteiger partial charge in [0.2, 0.25) is 0 Å². The highest BCUT2D eigenvalue weighted by atomic mass is 19.1. The molecule has 1 rings (SSSR count). The molecule has 0 amide bonds. The molecular weight excluding hydrogens is 214 g/mol. The Bertz CT molecular complexity index is 345. The van der Waals surface area contributed by atoms with E-state index in [1.807, 2.05) is 0 Å². The van der Waals surface area contributed by atoms with Crippen LogP contribution in [0.4, 0.5) is 8.78 Å². The lowest BCUT2D eigenvalue weighted by molar-refractivity contribution is 0.381. The summed E-state index contributed by atoms with van der Waals surface area (Å²) in [5.74, 6) is -1.11. The summed E-state index contributed by atoms with van der Waals surface area (Å²) >= 11 is 0. The summed E-state index contributed by atoms with van der Waals surface area (Å²) in [4.78, 5) is 0. The summed E-state index contributed by atoms with van der Waals surface area (Å²) < 4.78 is 31.4. The average molecular weight is 230 g/mol. The minimum absolute atomic E-state index is 0.0804. The highest BCUT2D eigenvalue weighted by Crippen LogP contribution is 2.20. The molecule has 0 saturated heterocycles. The standard InChI is InChI=1S/C11H16F2N2O/c1-16-11-6-9(12)8(5-10(11)13)7-15-4-2-3-14/h5-6,15H,2-4,7,14H2,1H3. The summed E-state index contributed by atoms with van der Waals surface area (Å²) in [7, 11) is 1.30. The van der Waals surface area contributed by atoms with E-state index in [9.17, 15) is 8.78 Å². The number of methoxy groups -OCH3 is 1. The molecule has 16 heavy (non-hydrogen) atoms. The maximum Gasteiger partial charge on any atom is 0.165 e. The Morgan fingerprint density at radius 3 is 2.69 bits per heavy atom. The molecule has 0 unspecified atom stereocenters. The second-order valence-electron chi connectivity index (χ2n) is 3.40. The quantitative estimate of drug-likeness (QED) is 0.726. The highest BCUT2D eigenvalue weighted by Gasteiger charge is 2.09. The van der Waals surface area contributed by atoms with Gasteiger partial charge in [-0.1, -0.05) is 0 Å². The first-order chi connectivity index (χ1) is 7.69. The maximum absolute atomic E-state index is 13.4. The van der Waals surface area contributed by atoms with Crippen LogP contribution < -0.4 is 15.8 Å². The molecule has 0 aliphatic carbocycles. The van der Waals surface area contributed by atoms with Gasteiger partial charge in [-0.15, -0.1) is 0 Å². The Kier molecular flexibility index (Phi) is 5.14. The minimum atomic E-state index is -0.556. The molecule has 90 valence electrons. The van der Waals surface area contributed by atoms with E-state index in [-0.39, 0.29) is 17.9 Å². The first kappa shape index (κ1) is 12.9. The lowest BCUT2D eigenvalue weighted by atomic mass is 10.2. The van der Waals surface area contributed by atoms with Crippen LogP contribution in [0.1, 0.15) is 12.0 Å². The van der Waals surface area contributed by atoms with Crippen LogP contribution in [0, 0.1) is 11.6 Å². The Morgan fingerprint density at radius 1 is 1.31 bits per heavy atom. The lowest BCUT2D eigenvalue weighted by Crippen LogP contribution is -2.18. The second-order valence-corrected chi connectivity index (χ2v) is 3.40. The molecule has 3 nitrogen and oxygen atoms in total. The number of nitrogens with one attached hydrogen (secondary N) is 1. The predicted molar refractivity (Wildman–Crippen MR) is 58.3 cm³/mol. The summed E-state index contributed by atoms with van der Waals surface area (Å²) in [5.41, 5.74) is 5.60. The number of rotatable bonds is 6. The van der Waals surface area contributed by atoms with Gasteiger partial charge >= 0.3 is 0 Å². The average Bonchev–Trinajstić information content (AvgIpc) is 2.28. The molecule has 0 radical (unpaired) electrons. The van der Waals surface area contributed by atoms with Gasteiger partial charge in [-0.3, -0.25) is 0 Å². The summed E-state index contributed by atoms with van der Waals surface area (Å²) in [5, 5.41) is 2.98. The smallest absolute Gasteiger partial charge is 0.165 e. The first-order valence-electron chi connectivity index (χ1n) is 5.11. The molecule has 0 atom stereocenters. The van der Waals surface area contributed by atoms with Crippen molar-refractivity contribution >= 4 is 0 Å². The van der Waals surface area contributed by atoms with Gasteiger partial charge in [0, 0.05) is 18.2 Å². The fourth-order valence-corrected chi connectivity index (χ4v) is 1.31. The third-order valence-electron chi connectivity index (χ3n) is 2.19. The van der Waals surface area contributed by atoms with Gasteiger partial charge < -0.3 is 15.8 Å². The number of benzene rings is 1. The number of ether oxygens (including phenoxy) is 1. The third kappa shape index (κ3) is 3.43. The van der Waals surface area contributed by atoms with E-state index >= 15 is 0 Å². The van der Waals surface area contributed by atoms with Gasteiger partial charge in [-0.2, -0.15) is 0 Å². The SMILES string of the molecule is COc1cc(F)c(CNCCCN)cc1F. The molecule has 0 aliphatic rings. The van der Waals surface area contributed by atoms with Gasteiger partial charge in [-0.25, -0.2) is 8.78 Å². The first-order valence-corrected chi connectivity index (χ1v) is 5.11. The molecule has 0 fully saturated rings. The predicted octanol–water partition coefficient (Wildman–Crippen LogP) is 1.41. The zero-order chi connectivity index (χ0) is 12.0. The molecule has 1 aromatic carbocycles. The van der Waals surface area contributed by atoms with Gasteiger partial charge in [0.05, 0.1) is 7.11 Å².